The van der Waals surface area contributed by atoms with E-state index in [1.807, 2.05) is 0 Å². The number of carboxylic acids is 1. The van der Waals surface area contributed by atoms with Crippen molar-refractivity contribution in [3.05, 3.63) is 58.0 Å². The fourth-order valence-corrected chi connectivity index (χ4v) is 3.23. The van der Waals surface area contributed by atoms with Gasteiger partial charge in [0.25, 0.3) is 5.91 Å². The summed E-state index contributed by atoms with van der Waals surface area (Å²) in [6, 6.07) is 9.76. The Hall–Kier alpha value is -3.17. The number of aromatic nitrogens is 2. The number of aliphatic carboxylic acids is 1. The number of aryl methyl sites for hydroxylation is 1. The highest BCUT2D eigenvalue weighted by molar-refractivity contribution is 5.93. The summed E-state index contributed by atoms with van der Waals surface area (Å²) < 4.78 is 40.8. The first kappa shape index (κ1) is 19.6. The zero-order chi connectivity index (χ0) is 20.6. The Bertz CT molecular complexity index is 972. The molecule has 1 N–H and O–H groups in total. The lowest BCUT2D eigenvalue weighted by atomic mass is 9.96. The number of rotatable bonds is 3. The summed E-state index contributed by atoms with van der Waals surface area (Å²) in [5.74, 6) is -6.65. The van der Waals surface area contributed by atoms with Crippen molar-refractivity contribution in [3.63, 3.8) is 0 Å². The molecule has 1 aliphatic rings. The third-order valence-electron chi connectivity index (χ3n) is 4.66. The summed E-state index contributed by atoms with van der Waals surface area (Å²) in [5, 5.41) is 13.1. The number of amides is 1. The second kappa shape index (κ2) is 7.10. The van der Waals surface area contributed by atoms with Gasteiger partial charge in [0.15, 0.2) is 5.69 Å². The van der Waals surface area contributed by atoms with E-state index in [9.17, 15) is 27.6 Å². The summed E-state index contributed by atoms with van der Waals surface area (Å²) in [7, 11) is 0. The lowest BCUT2D eigenvalue weighted by Gasteiger charge is -2.18. The molecule has 10 heteroatoms. The number of carbonyl (C=O) groups is 2. The van der Waals surface area contributed by atoms with Gasteiger partial charge in [-0.25, -0.2) is 4.68 Å². The standard InChI is InChI=1S/C18H16F3N3O4/c1-10-7-14(25)15(22-24(10)11-5-3-2-4-6-11)16(26)23-8-12(17(27)28)13(9-23)18(19,20)21/h2-7,12-13H,8-9H2,1H3,(H,27,28)/t12-,13-/m1/s1. The minimum absolute atomic E-state index is 0.436. The molecule has 0 unspecified atom stereocenters. The smallest absolute Gasteiger partial charge is 0.394 e. The van der Waals surface area contributed by atoms with E-state index in [0.717, 1.165) is 4.90 Å². The van der Waals surface area contributed by atoms with Crippen molar-refractivity contribution in [1.29, 1.82) is 0 Å². The van der Waals surface area contributed by atoms with Crippen LogP contribution in [0.5, 0.6) is 0 Å². The minimum atomic E-state index is -4.77. The third kappa shape index (κ3) is 3.62. The molecule has 1 saturated heterocycles. The molecule has 2 atom stereocenters. The van der Waals surface area contributed by atoms with E-state index in [-0.39, 0.29) is 0 Å². The quantitative estimate of drug-likeness (QED) is 0.857. The first-order chi connectivity index (χ1) is 13.1. The Morgan fingerprint density at radius 1 is 1.18 bits per heavy atom. The van der Waals surface area contributed by atoms with Gasteiger partial charge in [0.2, 0.25) is 5.43 Å². The molecular weight excluding hydrogens is 379 g/mol. The van der Waals surface area contributed by atoms with Gasteiger partial charge in [0.1, 0.15) is 0 Å². The molecule has 1 aliphatic heterocycles. The van der Waals surface area contributed by atoms with Crippen LogP contribution in [-0.2, 0) is 4.79 Å². The molecule has 0 spiro atoms. The highest BCUT2D eigenvalue weighted by Crippen LogP contribution is 2.38. The van der Waals surface area contributed by atoms with Gasteiger partial charge in [-0.2, -0.15) is 18.3 Å². The fraction of sp³-hybridized carbons (Fsp3) is 0.333. The van der Waals surface area contributed by atoms with Gasteiger partial charge < -0.3 is 10.0 Å². The molecule has 0 radical (unpaired) electrons. The normalized spacial score (nSPS) is 19.6. The maximum absolute atomic E-state index is 13.1. The summed E-state index contributed by atoms with van der Waals surface area (Å²) in [5.41, 5.74) is -0.295. The fourth-order valence-electron chi connectivity index (χ4n) is 3.23. The number of benzene rings is 1. The molecule has 148 valence electrons. The molecule has 0 aliphatic carbocycles. The zero-order valence-corrected chi connectivity index (χ0v) is 14.7. The Balaban J connectivity index is 1.97. The predicted molar refractivity (Wildman–Crippen MR) is 91.1 cm³/mol. The minimum Gasteiger partial charge on any atom is -0.481 e. The number of alkyl halides is 3. The number of carbonyl (C=O) groups excluding carboxylic acids is 1. The van der Waals surface area contributed by atoms with Gasteiger partial charge in [-0.05, 0) is 19.1 Å². The van der Waals surface area contributed by atoms with Gasteiger partial charge in [-0.15, -0.1) is 0 Å². The lowest BCUT2D eigenvalue weighted by molar-refractivity contribution is -0.187. The van der Waals surface area contributed by atoms with Crippen molar-refractivity contribution in [2.45, 2.75) is 13.1 Å². The first-order valence-corrected chi connectivity index (χ1v) is 8.35. The van der Waals surface area contributed by atoms with Gasteiger partial charge in [0, 0.05) is 24.8 Å². The van der Waals surface area contributed by atoms with Crippen LogP contribution in [0.3, 0.4) is 0 Å². The van der Waals surface area contributed by atoms with Crippen LogP contribution in [0.15, 0.2) is 41.2 Å². The zero-order valence-electron chi connectivity index (χ0n) is 14.7. The topological polar surface area (TPSA) is 92.5 Å². The average Bonchev–Trinajstić information content (AvgIpc) is 3.08. The van der Waals surface area contributed by atoms with Crippen LogP contribution in [-0.4, -0.2) is 50.9 Å². The van der Waals surface area contributed by atoms with Crippen molar-refractivity contribution in [2.75, 3.05) is 13.1 Å². The number of halogens is 3. The molecule has 1 amide bonds. The van der Waals surface area contributed by atoms with Crippen molar-refractivity contribution >= 4 is 11.9 Å². The van der Waals surface area contributed by atoms with Crippen molar-refractivity contribution in [1.82, 2.24) is 14.7 Å². The Morgan fingerprint density at radius 2 is 1.82 bits per heavy atom. The molecule has 3 rings (SSSR count). The summed E-state index contributed by atoms with van der Waals surface area (Å²) in [4.78, 5) is 36.9. The second-order valence-corrected chi connectivity index (χ2v) is 6.55. The average molecular weight is 395 g/mol. The molecule has 1 fully saturated rings. The number of hydrogen-bond donors (Lipinski definition) is 1. The molecule has 0 saturated carbocycles. The Labute approximate surface area is 157 Å². The number of hydrogen-bond acceptors (Lipinski definition) is 4. The van der Waals surface area contributed by atoms with E-state index in [1.54, 1.807) is 37.3 Å². The van der Waals surface area contributed by atoms with Crippen LogP contribution in [0.4, 0.5) is 13.2 Å². The molecule has 2 aromatic rings. The van der Waals surface area contributed by atoms with Crippen LogP contribution in [0.2, 0.25) is 0 Å². The monoisotopic (exact) mass is 395 g/mol. The summed E-state index contributed by atoms with van der Waals surface area (Å²) in [6.07, 6.45) is -4.77. The highest BCUT2D eigenvalue weighted by atomic mass is 19.4. The molecular formula is C18H16F3N3O4. The summed E-state index contributed by atoms with van der Waals surface area (Å²) >= 11 is 0. The van der Waals surface area contributed by atoms with E-state index in [2.05, 4.69) is 5.10 Å². The first-order valence-electron chi connectivity index (χ1n) is 8.35. The Morgan fingerprint density at radius 3 is 2.36 bits per heavy atom. The molecule has 7 nitrogen and oxygen atoms in total. The number of nitrogens with zero attached hydrogens (tertiary/aromatic N) is 3. The third-order valence-corrected chi connectivity index (χ3v) is 4.66. The predicted octanol–water partition coefficient (Wildman–Crippen LogP) is 1.88. The van der Waals surface area contributed by atoms with Crippen LogP contribution in [0.25, 0.3) is 5.69 Å². The van der Waals surface area contributed by atoms with E-state index in [0.29, 0.717) is 11.4 Å². The van der Waals surface area contributed by atoms with E-state index < -0.39 is 54.1 Å². The van der Waals surface area contributed by atoms with Crippen molar-refractivity contribution in [2.24, 2.45) is 11.8 Å². The second-order valence-electron chi connectivity index (χ2n) is 6.55. The molecule has 0 bridgehead atoms. The largest absolute Gasteiger partial charge is 0.481 e. The van der Waals surface area contributed by atoms with E-state index in [1.165, 1.54) is 10.7 Å². The van der Waals surface area contributed by atoms with Crippen molar-refractivity contribution in [3.8, 4) is 5.69 Å². The van der Waals surface area contributed by atoms with Gasteiger partial charge >= 0.3 is 12.1 Å². The molecule has 1 aromatic heterocycles. The number of para-hydroxylation sites is 1. The molecule has 28 heavy (non-hydrogen) atoms. The molecule has 1 aromatic carbocycles. The van der Waals surface area contributed by atoms with Crippen LogP contribution in [0, 0.1) is 18.8 Å². The van der Waals surface area contributed by atoms with E-state index in [4.69, 9.17) is 5.11 Å². The highest BCUT2D eigenvalue weighted by Gasteiger charge is 2.53. The maximum Gasteiger partial charge on any atom is 0.394 e. The van der Waals surface area contributed by atoms with Crippen LogP contribution in [0.1, 0.15) is 16.2 Å². The number of carboxylic acid groups (broad SMARTS) is 1. The van der Waals surface area contributed by atoms with Gasteiger partial charge in [-0.3, -0.25) is 14.4 Å². The van der Waals surface area contributed by atoms with Crippen LogP contribution < -0.4 is 5.43 Å². The summed E-state index contributed by atoms with van der Waals surface area (Å²) in [6.45, 7) is 0.129. The Kier molecular flexibility index (Phi) is 4.97. The SMILES string of the molecule is Cc1cc(=O)c(C(=O)N2C[C@@H](C(F)(F)F)[C@H](C(=O)O)C2)nn1-c1ccccc1. The number of likely N-dealkylation sites (tertiary alicyclic amines) is 1. The van der Waals surface area contributed by atoms with Gasteiger partial charge in [-0.1, -0.05) is 18.2 Å². The van der Waals surface area contributed by atoms with Gasteiger partial charge in [0.05, 0.1) is 17.5 Å². The maximum atomic E-state index is 13.1. The van der Waals surface area contributed by atoms with E-state index >= 15 is 0 Å². The van der Waals surface area contributed by atoms with Crippen molar-refractivity contribution < 1.29 is 27.9 Å². The van der Waals surface area contributed by atoms with Crippen LogP contribution >= 0.6 is 0 Å². The lowest BCUT2D eigenvalue weighted by Crippen LogP contribution is -2.36. The molecule has 2 heterocycles.